The summed E-state index contributed by atoms with van der Waals surface area (Å²) in [6.07, 6.45) is 2.48. The Bertz CT molecular complexity index is 1140. The zero-order chi connectivity index (χ0) is 19.6. The molecule has 1 fully saturated rings. The summed E-state index contributed by atoms with van der Waals surface area (Å²) < 4.78 is 11.7. The SMILES string of the molecule is Clc1ccc(-c2cc(-c3nnc(SC[C@H]4CCCO4)o3)c3ccccc3n2)cc1. The van der Waals surface area contributed by atoms with Gasteiger partial charge in [0.25, 0.3) is 5.22 Å². The van der Waals surface area contributed by atoms with E-state index in [9.17, 15) is 0 Å². The first kappa shape index (κ1) is 18.6. The summed E-state index contributed by atoms with van der Waals surface area (Å²) in [5, 5.41) is 10.8. The summed E-state index contributed by atoms with van der Waals surface area (Å²) in [5.74, 6) is 1.32. The molecule has 0 aliphatic carbocycles. The fraction of sp³-hybridized carbons (Fsp3) is 0.227. The van der Waals surface area contributed by atoms with E-state index in [0.29, 0.717) is 16.1 Å². The molecule has 1 aliphatic rings. The molecule has 0 amide bonds. The highest BCUT2D eigenvalue weighted by Crippen LogP contribution is 2.33. The number of halogens is 1. The molecule has 0 spiro atoms. The smallest absolute Gasteiger partial charge is 0.276 e. The lowest BCUT2D eigenvalue weighted by Gasteiger charge is -2.08. The van der Waals surface area contributed by atoms with Gasteiger partial charge in [-0.25, -0.2) is 4.98 Å². The molecule has 2 aromatic carbocycles. The van der Waals surface area contributed by atoms with E-state index in [0.717, 1.165) is 52.9 Å². The monoisotopic (exact) mass is 423 g/mol. The Balaban J connectivity index is 1.51. The molecule has 1 saturated heterocycles. The third kappa shape index (κ3) is 4.01. The van der Waals surface area contributed by atoms with Gasteiger partial charge in [0.05, 0.1) is 22.9 Å². The first-order chi connectivity index (χ1) is 14.3. The number of fused-ring (bicyclic) bond motifs is 1. The maximum atomic E-state index is 6.04. The van der Waals surface area contributed by atoms with Crippen molar-refractivity contribution in [3.8, 4) is 22.7 Å². The highest BCUT2D eigenvalue weighted by Gasteiger charge is 2.19. The average Bonchev–Trinajstić information content (AvgIpc) is 3.44. The second kappa shape index (κ2) is 8.14. The van der Waals surface area contributed by atoms with Gasteiger partial charge >= 0.3 is 0 Å². The van der Waals surface area contributed by atoms with E-state index in [2.05, 4.69) is 10.2 Å². The number of hydrogen-bond donors (Lipinski definition) is 0. The Morgan fingerprint density at radius 2 is 1.93 bits per heavy atom. The zero-order valence-electron chi connectivity index (χ0n) is 15.5. The first-order valence-electron chi connectivity index (χ1n) is 9.50. The molecule has 0 bridgehead atoms. The van der Waals surface area contributed by atoms with Gasteiger partial charge in [0.1, 0.15) is 0 Å². The summed E-state index contributed by atoms with van der Waals surface area (Å²) in [4.78, 5) is 4.80. The van der Waals surface area contributed by atoms with Crippen LogP contribution in [0.2, 0.25) is 5.02 Å². The summed E-state index contributed by atoms with van der Waals surface area (Å²) in [7, 11) is 0. The summed E-state index contributed by atoms with van der Waals surface area (Å²) in [6.45, 7) is 0.844. The van der Waals surface area contributed by atoms with Crippen LogP contribution in [0.4, 0.5) is 0 Å². The largest absolute Gasteiger partial charge is 0.411 e. The molecule has 3 heterocycles. The van der Waals surface area contributed by atoms with Crippen LogP contribution >= 0.6 is 23.4 Å². The lowest BCUT2D eigenvalue weighted by atomic mass is 10.0. The van der Waals surface area contributed by atoms with Crippen LogP contribution in [0.25, 0.3) is 33.6 Å². The van der Waals surface area contributed by atoms with Crippen LogP contribution in [0.1, 0.15) is 12.8 Å². The molecule has 0 N–H and O–H groups in total. The van der Waals surface area contributed by atoms with Crippen molar-refractivity contribution in [2.45, 2.75) is 24.2 Å². The third-order valence-corrected chi connectivity index (χ3v) is 6.11. The second-order valence-corrected chi connectivity index (χ2v) is 8.31. The van der Waals surface area contributed by atoms with Crippen LogP contribution < -0.4 is 0 Å². The van der Waals surface area contributed by atoms with Crippen molar-refractivity contribution in [3.05, 3.63) is 59.6 Å². The predicted molar refractivity (Wildman–Crippen MR) is 115 cm³/mol. The van der Waals surface area contributed by atoms with Crippen molar-refractivity contribution in [3.63, 3.8) is 0 Å². The van der Waals surface area contributed by atoms with Crippen molar-refractivity contribution in [2.24, 2.45) is 0 Å². The molecule has 4 aromatic rings. The standard InChI is InChI=1S/C22H18ClN3O2S/c23-15-9-7-14(8-10-15)20-12-18(17-5-1-2-6-19(17)24-20)21-25-26-22(28-21)29-13-16-4-3-11-27-16/h1-2,5-10,12,16H,3-4,11,13H2/t16-/m1/s1. The Morgan fingerprint density at radius 1 is 1.07 bits per heavy atom. The number of para-hydroxylation sites is 1. The van der Waals surface area contributed by atoms with Crippen molar-refractivity contribution in [2.75, 3.05) is 12.4 Å². The molecule has 0 unspecified atom stereocenters. The van der Waals surface area contributed by atoms with Crippen molar-refractivity contribution in [1.29, 1.82) is 0 Å². The summed E-state index contributed by atoms with van der Waals surface area (Å²) in [5.41, 5.74) is 3.56. The Labute approximate surface area is 177 Å². The van der Waals surface area contributed by atoms with Crippen LogP contribution in [0.3, 0.4) is 0 Å². The summed E-state index contributed by atoms with van der Waals surface area (Å²) >= 11 is 7.58. The van der Waals surface area contributed by atoms with Crippen molar-refractivity contribution in [1.82, 2.24) is 15.2 Å². The number of pyridine rings is 1. The van der Waals surface area contributed by atoms with Crippen LogP contribution in [0, 0.1) is 0 Å². The lowest BCUT2D eigenvalue weighted by molar-refractivity contribution is 0.128. The number of thioether (sulfide) groups is 1. The molecule has 2 aromatic heterocycles. The van der Waals surface area contributed by atoms with E-state index in [-0.39, 0.29) is 6.10 Å². The molecule has 29 heavy (non-hydrogen) atoms. The number of aromatic nitrogens is 3. The van der Waals surface area contributed by atoms with Crippen LogP contribution in [0.15, 0.2) is 64.2 Å². The molecule has 5 nitrogen and oxygen atoms in total. The third-order valence-electron chi connectivity index (χ3n) is 4.91. The van der Waals surface area contributed by atoms with Crippen LogP contribution in [-0.2, 0) is 4.74 Å². The van der Waals surface area contributed by atoms with Crippen molar-refractivity contribution < 1.29 is 9.15 Å². The minimum atomic E-state index is 0.272. The molecule has 1 atom stereocenters. The highest BCUT2D eigenvalue weighted by atomic mass is 35.5. The van der Waals surface area contributed by atoms with E-state index in [4.69, 9.17) is 25.7 Å². The quantitative estimate of drug-likeness (QED) is 0.374. The molecule has 0 saturated carbocycles. The van der Waals surface area contributed by atoms with Crippen LogP contribution in [-0.4, -0.2) is 33.6 Å². The van der Waals surface area contributed by atoms with E-state index in [1.54, 1.807) is 11.8 Å². The Kier molecular flexibility index (Phi) is 5.23. The number of benzene rings is 2. The van der Waals surface area contributed by atoms with Crippen molar-refractivity contribution >= 4 is 34.3 Å². The van der Waals surface area contributed by atoms with E-state index in [1.807, 2.05) is 54.6 Å². The van der Waals surface area contributed by atoms with Gasteiger partial charge < -0.3 is 9.15 Å². The Hall–Kier alpha value is -2.41. The molecule has 146 valence electrons. The van der Waals surface area contributed by atoms with Gasteiger partial charge in [-0.05, 0) is 37.1 Å². The lowest BCUT2D eigenvalue weighted by Crippen LogP contribution is -2.07. The second-order valence-electron chi connectivity index (χ2n) is 6.90. The molecule has 7 heteroatoms. The maximum absolute atomic E-state index is 6.04. The first-order valence-corrected chi connectivity index (χ1v) is 10.9. The van der Waals surface area contributed by atoms with Gasteiger partial charge in [0, 0.05) is 28.3 Å². The number of ether oxygens (including phenoxy) is 1. The van der Waals surface area contributed by atoms with Gasteiger partial charge in [-0.15, -0.1) is 10.2 Å². The predicted octanol–water partition coefficient (Wildman–Crippen LogP) is 5.88. The van der Waals surface area contributed by atoms with Gasteiger partial charge in [0.15, 0.2) is 0 Å². The van der Waals surface area contributed by atoms with E-state index >= 15 is 0 Å². The van der Waals surface area contributed by atoms with Gasteiger partial charge in [-0.2, -0.15) is 0 Å². The fourth-order valence-corrected chi connectivity index (χ4v) is 4.39. The van der Waals surface area contributed by atoms with Gasteiger partial charge in [-0.3, -0.25) is 0 Å². The average molecular weight is 424 g/mol. The molecular formula is C22H18ClN3O2S. The number of nitrogens with zero attached hydrogens (tertiary/aromatic N) is 3. The van der Waals surface area contributed by atoms with E-state index < -0.39 is 0 Å². The van der Waals surface area contributed by atoms with Gasteiger partial charge in [-0.1, -0.05) is 53.7 Å². The van der Waals surface area contributed by atoms with Crippen LogP contribution in [0.5, 0.6) is 0 Å². The molecule has 0 radical (unpaired) electrons. The minimum absolute atomic E-state index is 0.272. The van der Waals surface area contributed by atoms with Gasteiger partial charge in [0.2, 0.25) is 5.89 Å². The highest BCUT2D eigenvalue weighted by molar-refractivity contribution is 7.99. The number of rotatable bonds is 5. The summed E-state index contributed by atoms with van der Waals surface area (Å²) in [6, 6.07) is 17.6. The molecular weight excluding hydrogens is 406 g/mol. The fourth-order valence-electron chi connectivity index (χ4n) is 3.44. The molecule has 1 aliphatic heterocycles. The normalized spacial score (nSPS) is 16.5. The topological polar surface area (TPSA) is 61.0 Å². The van der Waals surface area contributed by atoms with E-state index in [1.165, 1.54) is 0 Å². The Morgan fingerprint density at radius 3 is 2.76 bits per heavy atom. The maximum Gasteiger partial charge on any atom is 0.276 e. The number of hydrogen-bond acceptors (Lipinski definition) is 6. The zero-order valence-corrected chi connectivity index (χ0v) is 17.1. The molecule has 5 rings (SSSR count). The minimum Gasteiger partial charge on any atom is -0.411 e.